The molecule has 0 fully saturated rings. The molecule has 90 valence electrons. The van der Waals surface area contributed by atoms with Crippen molar-refractivity contribution < 1.29 is 0 Å². The normalized spacial score (nSPS) is 12.8. The Kier molecular flexibility index (Phi) is 2.59. The highest BCUT2D eigenvalue weighted by atomic mass is 14.9. The van der Waals surface area contributed by atoms with E-state index in [1.807, 2.05) is 19.2 Å². The predicted molar refractivity (Wildman–Crippen MR) is 72.6 cm³/mol. The molecule has 0 bridgehead atoms. The van der Waals surface area contributed by atoms with Crippen molar-refractivity contribution in [1.82, 2.24) is 15.0 Å². The zero-order valence-electron chi connectivity index (χ0n) is 10.5. The molecule has 3 rings (SSSR count). The summed E-state index contributed by atoms with van der Waals surface area (Å²) in [5.41, 5.74) is 4.48. The molecule has 3 aromatic rings. The molecule has 1 unspecified atom stereocenters. The van der Waals surface area contributed by atoms with Gasteiger partial charge < -0.3 is 4.98 Å². The fourth-order valence-electron chi connectivity index (χ4n) is 2.29. The highest BCUT2D eigenvalue weighted by Crippen LogP contribution is 2.28. The number of nitrogens with zero attached hydrogens (tertiary/aromatic N) is 2. The molecule has 0 saturated carbocycles. The third-order valence-electron chi connectivity index (χ3n) is 3.34. The van der Waals surface area contributed by atoms with Crippen molar-refractivity contribution in [3.63, 3.8) is 0 Å². The van der Waals surface area contributed by atoms with Gasteiger partial charge in [0.2, 0.25) is 0 Å². The average Bonchev–Trinajstić information content (AvgIpc) is 2.91. The first kappa shape index (κ1) is 11.0. The number of nitrogens with one attached hydrogen (secondary N) is 1. The first-order valence-electron chi connectivity index (χ1n) is 6.10. The minimum atomic E-state index is 0.269. The van der Waals surface area contributed by atoms with Gasteiger partial charge in [0.1, 0.15) is 0 Å². The minimum Gasteiger partial charge on any atom is -0.348 e. The summed E-state index contributed by atoms with van der Waals surface area (Å²) in [4.78, 5) is 11.9. The van der Waals surface area contributed by atoms with Gasteiger partial charge in [-0.15, -0.1) is 0 Å². The largest absolute Gasteiger partial charge is 0.348 e. The van der Waals surface area contributed by atoms with E-state index < -0.39 is 0 Å². The molecule has 0 aliphatic rings. The van der Waals surface area contributed by atoms with Crippen molar-refractivity contribution in [2.75, 3.05) is 0 Å². The Morgan fingerprint density at radius 2 is 2.06 bits per heavy atom. The lowest BCUT2D eigenvalue weighted by Gasteiger charge is -2.12. The number of aromatic nitrogens is 3. The second-order valence-electron chi connectivity index (χ2n) is 4.60. The second kappa shape index (κ2) is 4.26. The third kappa shape index (κ3) is 1.78. The number of aromatic amines is 1. The molecule has 18 heavy (non-hydrogen) atoms. The van der Waals surface area contributed by atoms with Crippen LogP contribution in [0.25, 0.3) is 10.9 Å². The highest BCUT2D eigenvalue weighted by Gasteiger charge is 2.13. The van der Waals surface area contributed by atoms with Crippen LogP contribution in [-0.2, 0) is 0 Å². The van der Waals surface area contributed by atoms with E-state index >= 15 is 0 Å². The summed E-state index contributed by atoms with van der Waals surface area (Å²) in [6.07, 6.45) is 3.59. The van der Waals surface area contributed by atoms with Crippen LogP contribution in [-0.4, -0.2) is 15.0 Å². The zero-order valence-corrected chi connectivity index (χ0v) is 10.5. The Morgan fingerprint density at radius 1 is 1.17 bits per heavy atom. The van der Waals surface area contributed by atoms with Gasteiger partial charge in [0.05, 0.1) is 11.8 Å². The van der Waals surface area contributed by atoms with Crippen molar-refractivity contribution in [1.29, 1.82) is 0 Å². The molecule has 1 aromatic carbocycles. The van der Waals surface area contributed by atoms with Gasteiger partial charge in [-0.1, -0.05) is 31.2 Å². The maximum Gasteiger partial charge on any atom is 0.0921 e. The van der Waals surface area contributed by atoms with E-state index in [-0.39, 0.29) is 5.92 Å². The van der Waals surface area contributed by atoms with E-state index in [1.54, 1.807) is 6.33 Å². The van der Waals surface area contributed by atoms with Gasteiger partial charge in [-0.2, -0.15) is 0 Å². The minimum absolute atomic E-state index is 0.269. The fourth-order valence-corrected chi connectivity index (χ4v) is 2.29. The molecule has 0 radical (unpaired) electrons. The average molecular weight is 237 g/mol. The maximum atomic E-state index is 4.67. The number of rotatable bonds is 2. The number of benzene rings is 1. The number of pyridine rings is 1. The van der Waals surface area contributed by atoms with Crippen molar-refractivity contribution in [2.24, 2.45) is 0 Å². The number of hydrogen-bond donors (Lipinski definition) is 1. The monoisotopic (exact) mass is 237 g/mol. The summed E-state index contributed by atoms with van der Waals surface area (Å²) >= 11 is 0. The number of fused-ring (bicyclic) bond motifs is 1. The van der Waals surface area contributed by atoms with Crippen LogP contribution < -0.4 is 0 Å². The van der Waals surface area contributed by atoms with E-state index in [1.165, 1.54) is 10.9 Å². The Labute approximate surface area is 106 Å². The number of aryl methyl sites for hydroxylation is 1. The molecule has 2 heterocycles. The van der Waals surface area contributed by atoms with Crippen LogP contribution in [0, 0.1) is 6.92 Å². The van der Waals surface area contributed by atoms with Gasteiger partial charge in [0, 0.05) is 28.9 Å². The van der Waals surface area contributed by atoms with E-state index in [4.69, 9.17) is 0 Å². The summed E-state index contributed by atoms with van der Waals surface area (Å²) in [5, 5.41) is 1.18. The van der Waals surface area contributed by atoms with Crippen molar-refractivity contribution in [3.8, 4) is 0 Å². The molecule has 0 amide bonds. The number of imidazole rings is 1. The lowest BCUT2D eigenvalue weighted by molar-refractivity contribution is 0.888. The molecule has 0 aliphatic carbocycles. The maximum absolute atomic E-state index is 4.67. The standard InChI is InChI=1S/C15H15N3/c1-10-6-7-12-4-3-5-13(15(12)18-10)11(2)14-8-16-9-17-14/h3-9,11H,1-2H3,(H,16,17). The van der Waals surface area contributed by atoms with E-state index in [0.29, 0.717) is 0 Å². The molecule has 3 heteroatoms. The quantitative estimate of drug-likeness (QED) is 0.742. The zero-order chi connectivity index (χ0) is 12.5. The SMILES string of the molecule is Cc1ccc2cccc(C(C)c3cnc[nH]3)c2n1. The van der Waals surface area contributed by atoms with Crippen LogP contribution in [0.15, 0.2) is 42.9 Å². The summed E-state index contributed by atoms with van der Waals surface area (Å²) in [5.74, 6) is 0.269. The molecule has 0 aliphatic heterocycles. The lowest BCUT2D eigenvalue weighted by atomic mass is 9.95. The lowest BCUT2D eigenvalue weighted by Crippen LogP contribution is -1.99. The van der Waals surface area contributed by atoms with Crippen LogP contribution in [0.1, 0.15) is 29.8 Å². The van der Waals surface area contributed by atoms with Crippen LogP contribution in [0.2, 0.25) is 0 Å². The number of H-pyrrole nitrogens is 1. The number of hydrogen-bond acceptors (Lipinski definition) is 2. The molecule has 3 nitrogen and oxygen atoms in total. The summed E-state index contributed by atoms with van der Waals surface area (Å²) < 4.78 is 0. The predicted octanol–water partition coefficient (Wildman–Crippen LogP) is 3.42. The molecule has 1 N–H and O–H groups in total. The Morgan fingerprint density at radius 3 is 2.83 bits per heavy atom. The van der Waals surface area contributed by atoms with Gasteiger partial charge in [-0.25, -0.2) is 4.98 Å². The second-order valence-corrected chi connectivity index (χ2v) is 4.60. The molecule has 2 aromatic heterocycles. The Hall–Kier alpha value is -2.16. The van der Waals surface area contributed by atoms with Crippen molar-refractivity contribution in [2.45, 2.75) is 19.8 Å². The topological polar surface area (TPSA) is 41.6 Å². The van der Waals surface area contributed by atoms with Crippen molar-refractivity contribution >= 4 is 10.9 Å². The van der Waals surface area contributed by atoms with E-state index in [9.17, 15) is 0 Å². The van der Waals surface area contributed by atoms with Gasteiger partial charge in [-0.05, 0) is 18.6 Å². The molecule has 1 atom stereocenters. The van der Waals surface area contributed by atoms with E-state index in [2.05, 4.69) is 46.1 Å². The number of para-hydroxylation sites is 1. The smallest absolute Gasteiger partial charge is 0.0921 e. The van der Waals surface area contributed by atoms with Crippen LogP contribution in [0.4, 0.5) is 0 Å². The highest BCUT2D eigenvalue weighted by molar-refractivity contribution is 5.82. The van der Waals surface area contributed by atoms with Crippen molar-refractivity contribution in [3.05, 3.63) is 59.8 Å². The fraction of sp³-hybridized carbons (Fsp3) is 0.200. The van der Waals surface area contributed by atoms with Gasteiger partial charge >= 0.3 is 0 Å². The van der Waals surface area contributed by atoms with Gasteiger partial charge in [-0.3, -0.25) is 4.98 Å². The summed E-state index contributed by atoms with van der Waals surface area (Å²) in [6, 6.07) is 10.5. The van der Waals surface area contributed by atoms with Crippen LogP contribution >= 0.6 is 0 Å². The third-order valence-corrected chi connectivity index (χ3v) is 3.34. The van der Waals surface area contributed by atoms with E-state index in [0.717, 1.165) is 16.9 Å². The Bertz CT molecular complexity index is 671. The molecular formula is C15H15N3. The van der Waals surface area contributed by atoms with Gasteiger partial charge in [0.25, 0.3) is 0 Å². The van der Waals surface area contributed by atoms with Crippen LogP contribution in [0.3, 0.4) is 0 Å². The summed E-state index contributed by atoms with van der Waals surface area (Å²) in [6.45, 7) is 4.20. The van der Waals surface area contributed by atoms with Crippen LogP contribution in [0.5, 0.6) is 0 Å². The molecule has 0 saturated heterocycles. The van der Waals surface area contributed by atoms with Gasteiger partial charge in [0.15, 0.2) is 0 Å². The molecule has 0 spiro atoms. The first-order chi connectivity index (χ1) is 8.75. The Balaban J connectivity index is 2.19. The summed E-state index contributed by atoms with van der Waals surface area (Å²) in [7, 11) is 0. The molecular weight excluding hydrogens is 222 g/mol. The first-order valence-corrected chi connectivity index (χ1v) is 6.10.